The standard InChI is InChI=1S/C24H33N3O3/c28-22(20-7-4-8-20)25-13-9-21(10-14-25)27-23(29)26(17-19-5-2-1-3-6-19)18-24(27)11-15-30-16-12-24/h1-3,5-6,20-21H,4,7-18H2. The predicted molar refractivity (Wildman–Crippen MR) is 114 cm³/mol. The Morgan fingerprint density at radius 1 is 1.03 bits per heavy atom. The van der Waals surface area contributed by atoms with Gasteiger partial charge in [0.25, 0.3) is 0 Å². The van der Waals surface area contributed by atoms with Gasteiger partial charge in [0.1, 0.15) is 0 Å². The zero-order chi connectivity index (χ0) is 20.6. The average Bonchev–Trinajstić information content (AvgIpc) is 2.98. The van der Waals surface area contributed by atoms with Gasteiger partial charge >= 0.3 is 6.03 Å². The van der Waals surface area contributed by atoms with Crippen molar-refractivity contribution in [1.29, 1.82) is 0 Å². The molecule has 0 aromatic heterocycles. The molecule has 0 bridgehead atoms. The van der Waals surface area contributed by atoms with Gasteiger partial charge in [-0.15, -0.1) is 0 Å². The highest BCUT2D eigenvalue weighted by molar-refractivity contribution is 5.80. The molecule has 5 rings (SSSR count). The van der Waals surface area contributed by atoms with E-state index >= 15 is 0 Å². The highest BCUT2D eigenvalue weighted by Crippen LogP contribution is 2.40. The average molecular weight is 412 g/mol. The summed E-state index contributed by atoms with van der Waals surface area (Å²) in [6.45, 7) is 4.47. The highest BCUT2D eigenvalue weighted by atomic mass is 16.5. The zero-order valence-electron chi connectivity index (χ0n) is 17.8. The van der Waals surface area contributed by atoms with E-state index in [0.29, 0.717) is 12.5 Å². The first kappa shape index (κ1) is 19.9. The van der Waals surface area contributed by atoms with Gasteiger partial charge < -0.3 is 19.4 Å². The van der Waals surface area contributed by atoms with E-state index in [1.807, 2.05) is 23.1 Å². The van der Waals surface area contributed by atoms with Crippen LogP contribution in [-0.2, 0) is 16.1 Å². The summed E-state index contributed by atoms with van der Waals surface area (Å²) >= 11 is 0. The normalized spacial score (nSPS) is 25.1. The van der Waals surface area contributed by atoms with Crippen LogP contribution in [0.5, 0.6) is 0 Å². The second kappa shape index (κ2) is 8.22. The van der Waals surface area contributed by atoms with Crippen molar-refractivity contribution >= 4 is 11.9 Å². The third-order valence-corrected chi connectivity index (χ3v) is 7.71. The van der Waals surface area contributed by atoms with Gasteiger partial charge in [-0.2, -0.15) is 0 Å². The fourth-order valence-corrected chi connectivity index (χ4v) is 5.73. The van der Waals surface area contributed by atoms with E-state index in [2.05, 4.69) is 21.9 Å². The van der Waals surface area contributed by atoms with Crippen LogP contribution in [-0.4, -0.2) is 71.1 Å². The van der Waals surface area contributed by atoms with Crippen LogP contribution >= 0.6 is 0 Å². The van der Waals surface area contributed by atoms with E-state index in [4.69, 9.17) is 4.74 Å². The molecule has 1 aliphatic carbocycles. The molecule has 0 atom stereocenters. The Bertz CT molecular complexity index is 765. The largest absolute Gasteiger partial charge is 0.381 e. The Kier molecular flexibility index (Phi) is 5.44. The van der Waals surface area contributed by atoms with Crippen molar-refractivity contribution in [3.05, 3.63) is 35.9 Å². The van der Waals surface area contributed by atoms with E-state index in [1.165, 1.54) is 12.0 Å². The molecule has 3 saturated heterocycles. The maximum Gasteiger partial charge on any atom is 0.321 e. The lowest BCUT2D eigenvalue weighted by molar-refractivity contribution is -0.139. The number of hydrogen-bond acceptors (Lipinski definition) is 3. The van der Waals surface area contributed by atoms with Gasteiger partial charge in [0.2, 0.25) is 5.91 Å². The van der Waals surface area contributed by atoms with Crippen molar-refractivity contribution in [3.63, 3.8) is 0 Å². The Labute approximate surface area is 179 Å². The van der Waals surface area contributed by atoms with Crippen LogP contribution < -0.4 is 0 Å². The van der Waals surface area contributed by atoms with Crippen LogP contribution in [0.3, 0.4) is 0 Å². The lowest BCUT2D eigenvalue weighted by Crippen LogP contribution is -2.58. The van der Waals surface area contributed by atoms with Gasteiger partial charge in [0.15, 0.2) is 0 Å². The molecule has 0 radical (unpaired) electrons. The van der Waals surface area contributed by atoms with E-state index in [-0.39, 0.29) is 23.5 Å². The first-order chi connectivity index (χ1) is 14.7. The van der Waals surface area contributed by atoms with Crippen LogP contribution in [0.25, 0.3) is 0 Å². The maximum absolute atomic E-state index is 13.6. The number of piperidine rings is 1. The van der Waals surface area contributed by atoms with E-state index in [0.717, 1.165) is 71.4 Å². The number of rotatable bonds is 4. The fraction of sp³-hybridized carbons (Fsp3) is 0.667. The summed E-state index contributed by atoms with van der Waals surface area (Å²) in [5.74, 6) is 0.608. The van der Waals surface area contributed by atoms with Crippen LogP contribution in [0.2, 0.25) is 0 Å². The van der Waals surface area contributed by atoms with Crippen molar-refractivity contribution in [2.45, 2.75) is 63.1 Å². The van der Waals surface area contributed by atoms with Crippen molar-refractivity contribution in [3.8, 4) is 0 Å². The number of carbonyl (C=O) groups excluding carboxylic acids is 2. The van der Waals surface area contributed by atoms with Crippen molar-refractivity contribution < 1.29 is 14.3 Å². The van der Waals surface area contributed by atoms with E-state index in [1.54, 1.807) is 0 Å². The number of nitrogens with zero attached hydrogens (tertiary/aromatic N) is 3. The molecule has 0 N–H and O–H groups in total. The molecule has 3 heterocycles. The van der Waals surface area contributed by atoms with Gasteiger partial charge in [-0.1, -0.05) is 36.8 Å². The number of carbonyl (C=O) groups is 2. The van der Waals surface area contributed by atoms with Gasteiger partial charge in [-0.05, 0) is 44.1 Å². The van der Waals surface area contributed by atoms with Gasteiger partial charge in [-0.25, -0.2) is 4.79 Å². The molecule has 0 unspecified atom stereocenters. The number of benzene rings is 1. The number of hydrogen-bond donors (Lipinski definition) is 0. The first-order valence-corrected chi connectivity index (χ1v) is 11.6. The summed E-state index contributed by atoms with van der Waals surface area (Å²) in [7, 11) is 0. The molecular weight excluding hydrogens is 378 g/mol. The third-order valence-electron chi connectivity index (χ3n) is 7.71. The van der Waals surface area contributed by atoms with Gasteiger partial charge in [-0.3, -0.25) is 4.79 Å². The molecule has 1 saturated carbocycles. The smallest absolute Gasteiger partial charge is 0.321 e. The minimum Gasteiger partial charge on any atom is -0.381 e. The summed E-state index contributed by atoms with van der Waals surface area (Å²) in [6.07, 6.45) is 6.91. The maximum atomic E-state index is 13.6. The molecule has 162 valence electrons. The second-order valence-electron chi connectivity index (χ2n) is 9.52. The Hall–Kier alpha value is -2.08. The summed E-state index contributed by atoms with van der Waals surface area (Å²) in [5, 5.41) is 0. The SMILES string of the molecule is O=C(C1CCC1)N1CCC(N2C(=O)N(Cc3ccccc3)CC23CCOCC3)CC1. The summed E-state index contributed by atoms with van der Waals surface area (Å²) in [4.78, 5) is 32.5. The van der Waals surface area contributed by atoms with E-state index in [9.17, 15) is 9.59 Å². The molecule has 1 spiro atoms. The fourth-order valence-electron chi connectivity index (χ4n) is 5.73. The Morgan fingerprint density at radius 3 is 2.37 bits per heavy atom. The van der Waals surface area contributed by atoms with Crippen molar-refractivity contribution in [2.75, 3.05) is 32.8 Å². The molecule has 6 nitrogen and oxygen atoms in total. The molecule has 4 aliphatic rings. The quantitative estimate of drug-likeness (QED) is 0.764. The third kappa shape index (κ3) is 3.59. The van der Waals surface area contributed by atoms with Crippen molar-refractivity contribution in [2.24, 2.45) is 5.92 Å². The van der Waals surface area contributed by atoms with Crippen LogP contribution in [0, 0.1) is 5.92 Å². The molecule has 1 aromatic rings. The Morgan fingerprint density at radius 2 is 1.73 bits per heavy atom. The summed E-state index contributed by atoms with van der Waals surface area (Å²) in [5.41, 5.74) is 1.06. The van der Waals surface area contributed by atoms with Crippen LogP contribution in [0.15, 0.2) is 30.3 Å². The van der Waals surface area contributed by atoms with Gasteiger partial charge in [0.05, 0.1) is 5.54 Å². The number of likely N-dealkylation sites (tertiary alicyclic amines) is 1. The van der Waals surface area contributed by atoms with Crippen LogP contribution in [0.4, 0.5) is 4.79 Å². The summed E-state index contributed by atoms with van der Waals surface area (Å²) < 4.78 is 5.66. The Balaban J connectivity index is 1.30. The predicted octanol–water partition coefficient (Wildman–Crippen LogP) is 3.26. The molecular formula is C24H33N3O3. The van der Waals surface area contributed by atoms with E-state index < -0.39 is 0 Å². The van der Waals surface area contributed by atoms with Crippen LogP contribution in [0.1, 0.15) is 50.5 Å². The monoisotopic (exact) mass is 411 g/mol. The molecule has 6 heteroatoms. The molecule has 30 heavy (non-hydrogen) atoms. The number of amides is 3. The minimum absolute atomic E-state index is 0.116. The minimum atomic E-state index is -0.116. The first-order valence-electron chi connectivity index (χ1n) is 11.6. The molecule has 3 amide bonds. The topological polar surface area (TPSA) is 53.1 Å². The molecule has 3 aliphatic heterocycles. The summed E-state index contributed by atoms with van der Waals surface area (Å²) in [6, 6.07) is 10.7. The lowest BCUT2D eigenvalue weighted by atomic mass is 9.83. The number of ether oxygens (including phenoxy) is 1. The molecule has 4 fully saturated rings. The van der Waals surface area contributed by atoms with Gasteiger partial charge in [0, 0.05) is 51.4 Å². The lowest BCUT2D eigenvalue weighted by Gasteiger charge is -2.46. The van der Waals surface area contributed by atoms with Crippen molar-refractivity contribution in [1.82, 2.24) is 14.7 Å². The highest BCUT2D eigenvalue weighted by Gasteiger charge is 2.53. The molecule has 1 aromatic carbocycles. The number of urea groups is 1. The second-order valence-corrected chi connectivity index (χ2v) is 9.52. The zero-order valence-corrected chi connectivity index (χ0v) is 17.8.